The molecule has 1 N–H and O–H groups in total. The Morgan fingerprint density at radius 2 is 1.26 bits per heavy atom. The van der Waals surface area contributed by atoms with Crippen LogP contribution in [0.15, 0.2) is 89.8 Å². The normalized spacial score (nSPS) is 21.1. The Bertz CT molecular complexity index is 1330. The van der Waals surface area contributed by atoms with E-state index in [0.717, 1.165) is 12.1 Å². The number of aliphatic hydroxyl groups is 1. The Morgan fingerprint density at radius 3 is 1.74 bits per heavy atom. The van der Waals surface area contributed by atoms with Gasteiger partial charge in [0.05, 0.1) is 17.6 Å². The molecule has 39 heavy (non-hydrogen) atoms. The van der Waals surface area contributed by atoms with Crippen LogP contribution in [0.5, 0.6) is 0 Å². The van der Waals surface area contributed by atoms with Crippen LogP contribution >= 0.6 is 0 Å². The summed E-state index contributed by atoms with van der Waals surface area (Å²) >= 11 is 0. The molecule has 0 unspecified atom stereocenters. The number of sulfone groups is 1. The standard InChI is InChI=1S/C28H26F6O4S/c29-27(30,31)26(28(32,33)34,38-19-20-7-3-1-4-8-20)22-13-11-21(12-14-22)25(17-15-23(35)16-18-25)39(36,37)24-9-5-2-6-10-24/h1-14,23,35H,15-19H2. The van der Waals surface area contributed by atoms with E-state index >= 15 is 0 Å². The monoisotopic (exact) mass is 572 g/mol. The number of ether oxygens (including phenoxy) is 1. The zero-order chi connectivity index (χ0) is 28.5. The summed E-state index contributed by atoms with van der Waals surface area (Å²) in [7, 11) is -4.14. The SMILES string of the molecule is O=S(=O)(c1ccccc1)C1(c2ccc(C(OCc3ccccc3)(C(F)(F)F)C(F)(F)F)cc2)CCC(O)CC1. The van der Waals surface area contributed by atoms with Gasteiger partial charge in [-0.15, -0.1) is 0 Å². The second-order valence-electron chi connectivity index (χ2n) is 9.57. The number of alkyl halides is 6. The van der Waals surface area contributed by atoms with Gasteiger partial charge in [-0.2, -0.15) is 26.3 Å². The highest BCUT2D eigenvalue weighted by molar-refractivity contribution is 7.92. The lowest BCUT2D eigenvalue weighted by atomic mass is 9.80. The van der Waals surface area contributed by atoms with Gasteiger partial charge in [-0.25, -0.2) is 8.42 Å². The number of benzene rings is 3. The van der Waals surface area contributed by atoms with Crippen molar-refractivity contribution < 1.29 is 44.6 Å². The summed E-state index contributed by atoms with van der Waals surface area (Å²) in [6.45, 7) is -0.966. The van der Waals surface area contributed by atoms with Crippen molar-refractivity contribution >= 4 is 9.84 Å². The largest absolute Gasteiger partial charge is 0.430 e. The fourth-order valence-electron chi connectivity index (χ4n) is 5.12. The Labute approximate surface area is 222 Å². The first-order valence-electron chi connectivity index (χ1n) is 12.1. The zero-order valence-corrected chi connectivity index (χ0v) is 21.4. The van der Waals surface area contributed by atoms with E-state index in [9.17, 15) is 39.9 Å². The van der Waals surface area contributed by atoms with Gasteiger partial charge in [0.25, 0.3) is 5.60 Å². The van der Waals surface area contributed by atoms with Crippen molar-refractivity contribution in [3.63, 3.8) is 0 Å². The molecule has 0 saturated heterocycles. The Balaban J connectivity index is 1.82. The topological polar surface area (TPSA) is 63.6 Å². The summed E-state index contributed by atoms with van der Waals surface area (Å²) in [6.07, 6.45) is -12.4. The predicted octanol–water partition coefficient (Wildman–Crippen LogP) is 6.83. The molecule has 4 nitrogen and oxygen atoms in total. The lowest BCUT2D eigenvalue weighted by molar-refractivity contribution is -0.392. The molecule has 0 atom stereocenters. The maximum Gasteiger partial charge on any atom is 0.430 e. The maximum atomic E-state index is 14.3. The van der Waals surface area contributed by atoms with Gasteiger partial charge >= 0.3 is 12.4 Å². The first kappa shape index (κ1) is 29.1. The van der Waals surface area contributed by atoms with Gasteiger partial charge in [-0.05, 0) is 48.9 Å². The average Bonchev–Trinajstić information content (AvgIpc) is 2.89. The van der Waals surface area contributed by atoms with E-state index in [1.165, 1.54) is 48.5 Å². The van der Waals surface area contributed by atoms with Crippen LogP contribution in [0.3, 0.4) is 0 Å². The van der Waals surface area contributed by atoms with Crippen LogP contribution in [0.1, 0.15) is 42.4 Å². The van der Waals surface area contributed by atoms with Gasteiger partial charge < -0.3 is 9.84 Å². The van der Waals surface area contributed by atoms with E-state index in [1.54, 1.807) is 12.1 Å². The number of aliphatic hydroxyl groups excluding tert-OH is 1. The van der Waals surface area contributed by atoms with Crippen LogP contribution in [-0.4, -0.2) is 32.0 Å². The van der Waals surface area contributed by atoms with E-state index < -0.39 is 50.8 Å². The van der Waals surface area contributed by atoms with E-state index in [-0.39, 0.29) is 41.7 Å². The van der Waals surface area contributed by atoms with Crippen LogP contribution in [0.2, 0.25) is 0 Å². The molecule has 0 radical (unpaired) electrons. The molecule has 3 aromatic carbocycles. The smallest absolute Gasteiger partial charge is 0.393 e. The van der Waals surface area contributed by atoms with Gasteiger partial charge in [-0.3, -0.25) is 0 Å². The van der Waals surface area contributed by atoms with Gasteiger partial charge in [0.15, 0.2) is 9.84 Å². The van der Waals surface area contributed by atoms with Crippen molar-refractivity contribution in [3.05, 3.63) is 102 Å². The molecule has 0 aliphatic heterocycles. The molecule has 3 aromatic rings. The minimum atomic E-state index is -5.88. The minimum absolute atomic E-state index is 0.0309. The molecule has 1 aliphatic rings. The fourth-order valence-corrected chi connectivity index (χ4v) is 7.30. The van der Waals surface area contributed by atoms with Crippen LogP contribution < -0.4 is 0 Å². The molecular weight excluding hydrogens is 546 g/mol. The minimum Gasteiger partial charge on any atom is -0.393 e. The third kappa shape index (κ3) is 5.19. The van der Waals surface area contributed by atoms with Crippen molar-refractivity contribution in [1.82, 2.24) is 0 Å². The Hall–Kier alpha value is -2.89. The van der Waals surface area contributed by atoms with Gasteiger partial charge in [0, 0.05) is 5.56 Å². The lowest BCUT2D eigenvalue weighted by Crippen LogP contribution is -2.55. The van der Waals surface area contributed by atoms with Crippen molar-refractivity contribution in [2.75, 3.05) is 0 Å². The first-order chi connectivity index (χ1) is 18.2. The lowest BCUT2D eigenvalue weighted by Gasteiger charge is -2.40. The van der Waals surface area contributed by atoms with Crippen LogP contribution in [0, 0.1) is 0 Å². The molecule has 0 aromatic heterocycles. The summed E-state index contributed by atoms with van der Waals surface area (Å²) in [6, 6.07) is 17.8. The highest BCUT2D eigenvalue weighted by atomic mass is 32.2. The highest BCUT2D eigenvalue weighted by Crippen LogP contribution is 2.54. The first-order valence-corrected chi connectivity index (χ1v) is 13.6. The van der Waals surface area contributed by atoms with Crippen LogP contribution in [0.25, 0.3) is 0 Å². The molecule has 210 valence electrons. The second-order valence-corrected chi connectivity index (χ2v) is 11.8. The molecule has 1 saturated carbocycles. The van der Waals surface area contributed by atoms with Crippen molar-refractivity contribution in [1.29, 1.82) is 0 Å². The second kappa shape index (κ2) is 10.6. The summed E-state index contributed by atoms with van der Waals surface area (Å²) in [5.74, 6) is 0. The summed E-state index contributed by atoms with van der Waals surface area (Å²) in [5.41, 5.74) is -5.71. The highest BCUT2D eigenvalue weighted by Gasteiger charge is 2.73. The molecule has 1 aliphatic carbocycles. The number of hydrogen-bond donors (Lipinski definition) is 1. The van der Waals surface area contributed by atoms with Crippen LogP contribution in [-0.2, 0) is 31.5 Å². The van der Waals surface area contributed by atoms with Crippen molar-refractivity contribution in [3.8, 4) is 0 Å². The van der Waals surface area contributed by atoms with Crippen molar-refractivity contribution in [2.45, 2.75) is 66.0 Å². The summed E-state index contributed by atoms with van der Waals surface area (Å²) in [4.78, 5) is -0.0309. The Morgan fingerprint density at radius 1 is 0.769 bits per heavy atom. The molecule has 0 heterocycles. The average molecular weight is 573 g/mol. The van der Waals surface area contributed by atoms with Gasteiger partial charge in [0.2, 0.25) is 0 Å². The number of rotatable bonds is 7. The summed E-state index contributed by atoms with van der Waals surface area (Å²) in [5, 5.41) is 10.0. The molecular formula is C28H26F6O4S. The van der Waals surface area contributed by atoms with Gasteiger partial charge in [-0.1, -0.05) is 72.8 Å². The zero-order valence-electron chi connectivity index (χ0n) is 20.5. The molecule has 4 rings (SSSR count). The van der Waals surface area contributed by atoms with Crippen molar-refractivity contribution in [2.24, 2.45) is 0 Å². The Kier molecular flexibility index (Phi) is 7.90. The molecule has 0 amide bonds. The van der Waals surface area contributed by atoms with Crippen LogP contribution in [0.4, 0.5) is 26.3 Å². The number of hydrogen-bond acceptors (Lipinski definition) is 4. The molecule has 1 fully saturated rings. The van der Waals surface area contributed by atoms with E-state index in [2.05, 4.69) is 0 Å². The fraction of sp³-hybridized carbons (Fsp3) is 0.357. The van der Waals surface area contributed by atoms with E-state index in [4.69, 9.17) is 4.74 Å². The third-order valence-corrected chi connectivity index (χ3v) is 9.81. The predicted molar refractivity (Wildman–Crippen MR) is 131 cm³/mol. The van der Waals surface area contributed by atoms with E-state index in [0.29, 0.717) is 12.1 Å². The summed E-state index contributed by atoms with van der Waals surface area (Å²) < 4.78 is 116. The third-order valence-electron chi connectivity index (χ3n) is 7.24. The number of halogens is 6. The quantitative estimate of drug-likeness (QED) is 0.316. The van der Waals surface area contributed by atoms with Gasteiger partial charge in [0.1, 0.15) is 4.75 Å². The molecule has 0 bridgehead atoms. The van der Waals surface area contributed by atoms with E-state index in [1.807, 2.05) is 0 Å². The molecule has 0 spiro atoms. The maximum absolute atomic E-state index is 14.3. The molecule has 11 heteroatoms.